The second-order valence-corrected chi connectivity index (χ2v) is 2.20. The van der Waals surface area contributed by atoms with Gasteiger partial charge in [-0.3, -0.25) is 4.79 Å². The molecule has 0 rings (SSSR count). The zero-order valence-electron chi connectivity index (χ0n) is 6.17. The van der Waals surface area contributed by atoms with Gasteiger partial charge in [0.2, 0.25) is 0 Å². The molecule has 0 radical (unpaired) electrons. The van der Waals surface area contributed by atoms with Crippen LogP contribution in [0.25, 0.3) is 0 Å². The Labute approximate surface area is 60.9 Å². The van der Waals surface area contributed by atoms with Gasteiger partial charge in [-0.25, -0.2) is 0 Å². The van der Waals surface area contributed by atoms with Crippen LogP contribution in [-0.2, 0) is 9.59 Å². The van der Waals surface area contributed by atoms with Crippen LogP contribution in [0.1, 0.15) is 19.8 Å². The molecule has 0 aliphatic rings. The summed E-state index contributed by atoms with van der Waals surface area (Å²) in [6.45, 7) is 5.01. The fourth-order valence-corrected chi connectivity index (χ4v) is 0.735. The summed E-state index contributed by atoms with van der Waals surface area (Å²) in [5.74, 6) is -0.0537. The highest BCUT2D eigenvalue weighted by atomic mass is 16.1. The van der Waals surface area contributed by atoms with Crippen molar-refractivity contribution in [3.63, 3.8) is 0 Å². The highest BCUT2D eigenvalue weighted by molar-refractivity contribution is 5.80. The summed E-state index contributed by atoms with van der Waals surface area (Å²) in [6.07, 6.45) is 3.45. The van der Waals surface area contributed by atoms with E-state index in [0.717, 1.165) is 6.29 Å². The number of carbonyl (C=O) groups excluding carboxylic acids is 2. The van der Waals surface area contributed by atoms with Gasteiger partial charge in [0.05, 0.1) is 0 Å². The van der Waals surface area contributed by atoms with Crippen molar-refractivity contribution in [1.29, 1.82) is 0 Å². The maximum absolute atomic E-state index is 10.7. The van der Waals surface area contributed by atoms with Crippen LogP contribution in [0.4, 0.5) is 0 Å². The van der Waals surface area contributed by atoms with Crippen LogP contribution in [0, 0.1) is 5.92 Å². The molecule has 0 spiro atoms. The van der Waals surface area contributed by atoms with Crippen LogP contribution in [0.5, 0.6) is 0 Å². The fraction of sp³-hybridized carbons (Fsp3) is 0.500. The zero-order valence-corrected chi connectivity index (χ0v) is 6.17. The first-order valence-corrected chi connectivity index (χ1v) is 3.29. The molecule has 0 heterocycles. The van der Waals surface area contributed by atoms with E-state index in [9.17, 15) is 9.59 Å². The van der Waals surface area contributed by atoms with Gasteiger partial charge in [0, 0.05) is 12.3 Å². The molecule has 0 amide bonds. The summed E-state index contributed by atoms with van der Waals surface area (Å²) in [7, 11) is 0. The lowest BCUT2D eigenvalue weighted by Crippen LogP contribution is -2.07. The molecule has 0 aliphatic carbocycles. The number of ketones is 1. The van der Waals surface area contributed by atoms with Gasteiger partial charge in [0.1, 0.15) is 12.1 Å². The number of hydrogen-bond acceptors (Lipinski definition) is 2. The third kappa shape index (κ3) is 3.17. The number of rotatable bonds is 5. The van der Waals surface area contributed by atoms with Crippen LogP contribution in [0.3, 0.4) is 0 Å². The first kappa shape index (κ1) is 9.08. The lowest BCUT2D eigenvalue weighted by molar-refractivity contribution is -0.119. The minimum Gasteiger partial charge on any atom is -0.303 e. The average molecular weight is 140 g/mol. The molecule has 10 heavy (non-hydrogen) atoms. The Hall–Kier alpha value is -0.920. The molecule has 0 aromatic carbocycles. The molecule has 2 nitrogen and oxygen atoms in total. The standard InChI is InChI=1S/C8H12O2/c1-3-8(7(2)10)5-4-6-9/h3,6,8H,1,4-5H2,2H3. The van der Waals surface area contributed by atoms with E-state index in [1.54, 1.807) is 6.08 Å². The Balaban J connectivity index is 3.71. The predicted octanol–water partition coefficient (Wildman–Crippen LogP) is 1.36. The second kappa shape index (κ2) is 4.91. The Morgan fingerprint density at radius 1 is 1.70 bits per heavy atom. The zero-order chi connectivity index (χ0) is 7.98. The number of aldehydes is 1. The van der Waals surface area contributed by atoms with E-state index in [1.807, 2.05) is 0 Å². The van der Waals surface area contributed by atoms with Crippen molar-refractivity contribution < 1.29 is 9.59 Å². The highest BCUT2D eigenvalue weighted by Gasteiger charge is 2.07. The Kier molecular flexibility index (Phi) is 4.46. The molecule has 56 valence electrons. The van der Waals surface area contributed by atoms with Gasteiger partial charge in [0.15, 0.2) is 0 Å². The van der Waals surface area contributed by atoms with E-state index in [4.69, 9.17) is 0 Å². The summed E-state index contributed by atoms with van der Waals surface area (Å²) in [5.41, 5.74) is 0. The molecule has 0 N–H and O–H groups in total. The molecule has 0 saturated heterocycles. The summed E-state index contributed by atoms with van der Waals surface area (Å²) in [5, 5.41) is 0. The smallest absolute Gasteiger partial charge is 0.136 e. The van der Waals surface area contributed by atoms with Crippen molar-refractivity contribution in [2.45, 2.75) is 19.8 Å². The summed E-state index contributed by atoms with van der Waals surface area (Å²) in [4.78, 5) is 20.6. The SMILES string of the molecule is C=CC(CCC=O)C(C)=O. The lowest BCUT2D eigenvalue weighted by Gasteiger charge is -2.03. The molecule has 0 aromatic heterocycles. The van der Waals surface area contributed by atoms with Gasteiger partial charge in [-0.1, -0.05) is 6.08 Å². The molecule has 2 heteroatoms. The number of Topliss-reactive ketones (excluding diaryl/α,β-unsaturated/α-hetero) is 1. The fourth-order valence-electron chi connectivity index (χ4n) is 0.735. The second-order valence-electron chi connectivity index (χ2n) is 2.20. The molecule has 0 fully saturated rings. The Morgan fingerprint density at radius 3 is 2.60 bits per heavy atom. The van der Waals surface area contributed by atoms with Crippen molar-refractivity contribution >= 4 is 12.1 Å². The molecule has 0 saturated carbocycles. The van der Waals surface area contributed by atoms with Crippen LogP contribution in [0.15, 0.2) is 12.7 Å². The maximum Gasteiger partial charge on any atom is 0.136 e. The van der Waals surface area contributed by atoms with Crippen LogP contribution in [-0.4, -0.2) is 12.1 Å². The van der Waals surface area contributed by atoms with Crippen LogP contribution < -0.4 is 0 Å². The monoisotopic (exact) mass is 140 g/mol. The average Bonchev–Trinajstić information content (AvgIpc) is 1.89. The maximum atomic E-state index is 10.7. The van der Waals surface area contributed by atoms with Gasteiger partial charge < -0.3 is 4.79 Å². The van der Waals surface area contributed by atoms with Crippen molar-refractivity contribution in [3.05, 3.63) is 12.7 Å². The van der Waals surface area contributed by atoms with Gasteiger partial charge in [-0.15, -0.1) is 6.58 Å². The third-order valence-electron chi connectivity index (χ3n) is 1.40. The normalized spacial score (nSPS) is 12.1. The quantitative estimate of drug-likeness (QED) is 0.426. The van der Waals surface area contributed by atoms with Gasteiger partial charge in [0.25, 0.3) is 0 Å². The van der Waals surface area contributed by atoms with Gasteiger partial charge in [-0.05, 0) is 13.3 Å². The van der Waals surface area contributed by atoms with Gasteiger partial charge >= 0.3 is 0 Å². The van der Waals surface area contributed by atoms with Crippen LogP contribution >= 0.6 is 0 Å². The van der Waals surface area contributed by atoms with Crippen LogP contribution in [0.2, 0.25) is 0 Å². The third-order valence-corrected chi connectivity index (χ3v) is 1.40. The van der Waals surface area contributed by atoms with E-state index in [2.05, 4.69) is 6.58 Å². The molecule has 0 bridgehead atoms. The summed E-state index contributed by atoms with van der Waals surface area (Å²) < 4.78 is 0. The molecule has 1 atom stereocenters. The predicted molar refractivity (Wildman–Crippen MR) is 39.7 cm³/mol. The molecular formula is C8H12O2. The first-order valence-electron chi connectivity index (χ1n) is 3.29. The van der Waals surface area contributed by atoms with Crippen molar-refractivity contribution in [3.8, 4) is 0 Å². The largest absolute Gasteiger partial charge is 0.303 e. The Bertz CT molecular complexity index is 138. The Morgan fingerprint density at radius 2 is 2.30 bits per heavy atom. The topological polar surface area (TPSA) is 34.1 Å². The number of carbonyl (C=O) groups is 2. The van der Waals surface area contributed by atoms with E-state index in [-0.39, 0.29) is 11.7 Å². The summed E-state index contributed by atoms with van der Waals surface area (Å²) in [6, 6.07) is 0. The summed E-state index contributed by atoms with van der Waals surface area (Å²) >= 11 is 0. The van der Waals surface area contributed by atoms with E-state index >= 15 is 0 Å². The first-order chi connectivity index (χ1) is 4.72. The lowest BCUT2D eigenvalue weighted by atomic mass is 10.0. The van der Waals surface area contributed by atoms with E-state index in [1.165, 1.54) is 6.92 Å². The van der Waals surface area contributed by atoms with Crippen molar-refractivity contribution in [2.75, 3.05) is 0 Å². The van der Waals surface area contributed by atoms with Crippen molar-refractivity contribution in [2.24, 2.45) is 5.92 Å². The van der Waals surface area contributed by atoms with E-state index < -0.39 is 0 Å². The molecule has 1 unspecified atom stereocenters. The van der Waals surface area contributed by atoms with E-state index in [0.29, 0.717) is 12.8 Å². The van der Waals surface area contributed by atoms with Gasteiger partial charge in [-0.2, -0.15) is 0 Å². The minimum absolute atomic E-state index is 0.0804. The minimum atomic E-state index is -0.134. The van der Waals surface area contributed by atoms with Crippen molar-refractivity contribution in [1.82, 2.24) is 0 Å². The number of allylic oxidation sites excluding steroid dienone is 1. The highest BCUT2D eigenvalue weighted by Crippen LogP contribution is 2.06. The molecule has 0 aromatic rings. The number of hydrogen-bond donors (Lipinski definition) is 0. The molecule has 0 aliphatic heterocycles. The molecular weight excluding hydrogens is 128 g/mol.